The molecule has 0 saturated carbocycles. The average Bonchev–Trinajstić information content (AvgIpc) is 3.12. The molecule has 1 N–H and O–H groups in total. The van der Waals surface area contributed by atoms with Crippen molar-refractivity contribution in [1.29, 1.82) is 0 Å². The van der Waals surface area contributed by atoms with Crippen LogP contribution in [0.2, 0.25) is 0 Å². The Hall–Kier alpha value is -1.51. The molecule has 1 aromatic heterocycles. The molecule has 1 aromatic rings. The monoisotopic (exact) mass is 564 g/mol. The predicted octanol–water partition coefficient (Wildman–Crippen LogP) is -0.300. The molecule has 2 fully saturated rings. The van der Waals surface area contributed by atoms with Crippen LogP contribution in [0.1, 0.15) is 18.1 Å². The van der Waals surface area contributed by atoms with Gasteiger partial charge in [-0.2, -0.15) is 0 Å². The van der Waals surface area contributed by atoms with Crippen LogP contribution in [0, 0.1) is 6.92 Å². The van der Waals surface area contributed by atoms with Crippen molar-refractivity contribution in [2.24, 2.45) is 12.0 Å². The van der Waals surface area contributed by atoms with E-state index < -0.39 is 0 Å². The van der Waals surface area contributed by atoms with E-state index in [-0.39, 0.29) is 29.9 Å². The van der Waals surface area contributed by atoms with Crippen LogP contribution >= 0.6 is 24.0 Å². The smallest absolute Gasteiger partial charge is 0.236 e. The van der Waals surface area contributed by atoms with Gasteiger partial charge in [-0.3, -0.25) is 9.69 Å². The summed E-state index contributed by atoms with van der Waals surface area (Å²) in [6.45, 7) is 10.4. The number of aryl methyl sites for hydroxylation is 1. The number of aliphatic imine (C=N–C) groups is 1. The average molecular weight is 564 g/mol. The number of piperazine rings is 1. The topological polar surface area (TPSA) is 100 Å². The molecule has 3 heterocycles. The number of guanidine groups is 1. The summed E-state index contributed by atoms with van der Waals surface area (Å²) >= 11 is 0. The van der Waals surface area contributed by atoms with Gasteiger partial charge >= 0.3 is 0 Å². The van der Waals surface area contributed by atoms with Crippen molar-refractivity contribution in [3.8, 4) is 0 Å². The van der Waals surface area contributed by atoms with E-state index in [4.69, 9.17) is 14.5 Å². The second-order valence-electron chi connectivity index (χ2n) is 7.89. The number of hydrogen-bond acceptors (Lipinski definition) is 7. The number of hydrogen-bond donors (Lipinski definition) is 1. The highest BCUT2D eigenvalue weighted by molar-refractivity contribution is 14.0. The van der Waals surface area contributed by atoms with Gasteiger partial charge in [0.25, 0.3) is 0 Å². The zero-order valence-electron chi connectivity index (χ0n) is 19.5. The van der Waals surface area contributed by atoms with Gasteiger partial charge in [0.05, 0.1) is 19.8 Å². The summed E-state index contributed by atoms with van der Waals surface area (Å²) in [5.41, 5.74) is 0. The quantitative estimate of drug-likeness (QED) is 0.199. The van der Waals surface area contributed by atoms with Crippen molar-refractivity contribution in [1.82, 2.24) is 34.8 Å². The van der Waals surface area contributed by atoms with Crippen molar-refractivity contribution in [3.63, 3.8) is 0 Å². The lowest BCUT2D eigenvalue weighted by Gasteiger charge is -2.37. The Morgan fingerprint density at radius 1 is 1.12 bits per heavy atom. The van der Waals surface area contributed by atoms with Crippen LogP contribution < -0.4 is 5.32 Å². The fourth-order valence-electron chi connectivity index (χ4n) is 3.64. The fraction of sp³-hybridized carbons (Fsp3) is 0.800. The molecule has 1 amide bonds. The Morgan fingerprint density at radius 2 is 1.84 bits per heavy atom. The molecule has 0 radical (unpaired) electrons. The second kappa shape index (κ2) is 13.9. The molecule has 32 heavy (non-hydrogen) atoms. The molecular weight excluding hydrogens is 527 g/mol. The Balaban J connectivity index is 0.00000363. The van der Waals surface area contributed by atoms with Gasteiger partial charge in [0.15, 0.2) is 11.8 Å². The Morgan fingerprint density at radius 3 is 2.47 bits per heavy atom. The van der Waals surface area contributed by atoms with Gasteiger partial charge in [0, 0.05) is 66.6 Å². The number of carbonyl (C=O) groups excluding carboxylic acids is 1. The summed E-state index contributed by atoms with van der Waals surface area (Å²) in [7, 11) is 3.67. The number of aromatic nitrogens is 3. The van der Waals surface area contributed by atoms with Crippen LogP contribution in [0.25, 0.3) is 0 Å². The van der Waals surface area contributed by atoms with E-state index >= 15 is 0 Å². The van der Waals surface area contributed by atoms with E-state index in [0.29, 0.717) is 46.0 Å². The lowest BCUT2D eigenvalue weighted by molar-refractivity contribution is -0.136. The fourth-order valence-corrected chi connectivity index (χ4v) is 3.64. The third-order valence-corrected chi connectivity index (χ3v) is 5.76. The van der Waals surface area contributed by atoms with Crippen molar-refractivity contribution < 1.29 is 14.3 Å². The summed E-state index contributed by atoms with van der Waals surface area (Å²) in [6.07, 6.45) is 0.909. The summed E-state index contributed by atoms with van der Waals surface area (Å²) in [6, 6.07) is 0. The molecule has 12 heteroatoms. The van der Waals surface area contributed by atoms with Crippen LogP contribution in [0.15, 0.2) is 4.99 Å². The zero-order valence-corrected chi connectivity index (χ0v) is 21.8. The van der Waals surface area contributed by atoms with E-state index in [1.165, 1.54) is 0 Å². The second-order valence-corrected chi connectivity index (χ2v) is 7.89. The van der Waals surface area contributed by atoms with E-state index in [2.05, 4.69) is 25.3 Å². The first-order valence-electron chi connectivity index (χ1n) is 11.0. The number of carbonyl (C=O) groups is 1. The number of rotatable bonds is 8. The van der Waals surface area contributed by atoms with Gasteiger partial charge in [0.1, 0.15) is 12.4 Å². The van der Waals surface area contributed by atoms with Crippen LogP contribution in [0.5, 0.6) is 0 Å². The minimum absolute atomic E-state index is 0. The summed E-state index contributed by atoms with van der Waals surface area (Å²) in [4.78, 5) is 23.7. The third-order valence-electron chi connectivity index (χ3n) is 5.76. The maximum atomic E-state index is 12.5. The van der Waals surface area contributed by atoms with Gasteiger partial charge in [-0.15, -0.1) is 34.2 Å². The van der Waals surface area contributed by atoms with Crippen molar-refractivity contribution in [3.05, 3.63) is 11.6 Å². The maximum absolute atomic E-state index is 12.5. The van der Waals surface area contributed by atoms with Crippen LogP contribution in [0.4, 0.5) is 0 Å². The van der Waals surface area contributed by atoms with E-state index in [0.717, 1.165) is 56.8 Å². The first-order valence-corrected chi connectivity index (χ1v) is 11.0. The summed E-state index contributed by atoms with van der Waals surface area (Å²) < 4.78 is 12.5. The molecule has 11 nitrogen and oxygen atoms in total. The van der Waals surface area contributed by atoms with Crippen molar-refractivity contribution in [2.75, 3.05) is 79.3 Å². The Bertz CT molecular complexity index is 730. The van der Waals surface area contributed by atoms with Gasteiger partial charge < -0.3 is 29.2 Å². The first kappa shape index (κ1) is 26.7. The molecule has 2 aliphatic heterocycles. The van der Waals surface area contributed by atoms with Gasteiger partial charge in [-0.25, -0.2) is 4.99 Å². The molecule has 0 spiro atoms. The molecule has 182 valence electrons. The zero-order chi connectivity index (χ0) is 22.1. The molecule has 0 aliphatic carbocycles. The van der Waals surface area contributed by atoms with Gasteiger partial charge in [-0.1, -0.05) is 0 Å². The number of methoxy groups -OCH3 is 1. The number of amides is 1. The summed E-state index contributed by atoms with van der Waals surface area (Å²) in [5, 5.41) is 11.8. The van der Waals surface area contributed by atoms with Crippen LogP contribution in [-0.4, -0.2) is 121 Å². The van der Waals surface area contributed by atoms with Crippen LogP contribution in [-0.2, 0) is 27.9 Å². The standard InChI is InChI=1S/C20H36N8O3.HI/c1-17-23-24-18(25(17)2)15-22-20(21-5-4-12-30-3)28-8-6-26(7-9-28)16-19(29)27-10-13-31-14-11-27;/h4-16H2,1-3H3,(H,21,22);1H. The number of nitrogens with one attached hydrogen (secondary N) is 1. The highest BCUT2D eigenvalue weighted by Gasteiger charge is 2.24. The molecule has 2 aliphatic rings. The van der Waals surface area contributed by atoms with E-state index in [1.54, 1.807) is 7.11 Å². The maximum Gasteiger partial charge on any atom is 0.236 e. The molecule has 0 bridgehead atoms. The number of halogens is 1. The highest BCUT2D eigenvalue weighted by atomic mass is 127. The SMILES string of the molecule is COCCCNC(=NCc1nnc(C)n1C)N1CCN(CC(=O)N2CCOCC2)CC1.I. The van der Waals surface area contributed by atoms with Crippen LogP contribution in [0.3, 0.4) is 0 Å². The van der Waals surface area contributed by atoms with Gasteiger partial charge in [-0.05, 0) is 13.3 Å². The minimum atomic E-state index is 0. The molecule has 2 saturated heterocycles. The molecule has 0 atom stereocenters. The number of nitrogens with zero attached hydrogens (tertiary/aromatic N) is 7. The van der Waals surface area contributed by atoms with Gasteiger partial charge in [0.2, 0.25) is 5.91 Å². The van der Waals surface area contributed by atoms with E-state index in [1.807, 2.05) is 23.4 Å². The molecular formula is C20H37IN8O3. The minimum Gasteiger partial charge on any atom is -0.385 e. The molecule has 0 unspecified atom stereocenters. The largest absolute Gasteiger partial charge is 0.385 e. The van der Waals surface area contributed by atoms with Crippen molar-refractivity contribution >= 4 is 35.8 Å². The Kier molecular flexibility index (Phi) is 11.6. The first-order chi connectivity index (χ1) is 15.1. The van der Waals surface area contributed by atoms with Crippen molar-refractivity contribution in [2.45, 2.75) is 19.9 Å². The Labute approximate surface area is 207 Å². The summed E-state index contributed by atoms with van der Waals surface area (Å²) in [5.74, 6) is 2.78. The molecule has 3 rings (SSSR count). The normalized spacial score (nSPS) is 17.9. The predicted molar refractivity (Wildman–Crippen MR) is 132 cm³/mol. The molecule has 0 aromatic carbocycles. The number of ether oxygens (including phenoxy) is 2. The highest BCUT2D eigenvalue weighted by Crippen LogP contribution is 2.07. The lowest BCUT2D eigenvalue weighted by atomic mass is 10.3. The van der Waals surface area contributed by atoms with E-state index in [9.17, 15) is 4.79 Å². The lowest BCUT2D eigenvalue weighted by Crippen LogP contribution is -2.55. The third kappa shape index (κ3) is 7.81. The number of morpholine rings is 1.